The van der Waals surface area contributed by atoms with E-state index in [1.165, 1.54) is 29.6 Å². The molecule has 0 aliphatic carbocycles. The molecule has 0 aromatic carbocycles. The zero-order valence-corrected chi connectivity index (χ0v) is 20.9. The Hall–Kier alpha value is -2.59. The number of nitriles is 1. The highest BCUT2D eigenvalue weighted by Crippen LogP contribution is 2.36. The largest absolute Gasteiger partial charge is 0.462 e. The van der Waals surface area contributed by atoms with Crippen molar-refractivity contribution < 1.29 is 23.8 Å². The highest BCUT2D eigenvalue weighted by atomic mass is 32.1. The number of carbonyl (C=O) groups is 2. The smallest absolute Gasteiger partial charge is 0.350 e. The van der Waals surface area contributed by atoms with Gasteiger partial charge in [-0.3, -0.25) is 4.79 Å². The SMILES string of the molecule is CCOC(=O)c1sc(N2CCOCC2)nc1C(C#N)Cc1nc(N2CCOCC2)sc1C(C)=O. The van der Waals surface area contributed by atoms with Crippen molar-refractivity contribution in [3.8, 4) is 6.07 Å². The third-order valence-corrected chi connectivity index (χ3v) is 7.93. The molecule has 0 spiro atoms. The average Bonchev–Trinajstić information content (AvgIpc) is 3.49. The van der Waals surface area contributed by atoms with Gasteiger partial charge in [0.15, 0.2) is 16.0 Å². The predicted molar refractivity (Wildman–Crippen MR) is 128 cm³/mol. The second-order valence-electron chi connectivity index (χ2n) is 7.84. The molecule has 0 saturated carbocycles. The molecule has 10 nitrogen and oxygen atoms in total. The number of esters is 1. The molecule has 34 heavy (non-hydrogen) atoms. The van der Waals surface area contributed by atoms with Crippen LogP contribution >= 0.6 is 22.7 Å². The van der Waals surface area contributed by atoms with Gasteiger partial charge in [0.2, 0.25) is 0 Å². The summed E-state index contributed by atoms with van der Waals surface area (Å²) in [5.41, 5.74) is 0.934. The van der Waals surface area contributed by atoms with Gasteiger partial charge in [0, 0.05) is 39.5 Å². The summed E-state index contributed by atoms with van der Waals surface area (Å²) in [4.78, 5) is 39.5. The fourth-order valence-corrected chi connectivity index (χ4v) is 5.94. The van der Waals surface area contributed by atoms with Crippen molar-refractivity contribution in [1.82, 2.24) is 9.97 Å². The Balaban J connectivity index is 1.66. The summed E-state index contributed by atoms with van der Waals surface area (Å²) < 4.78 is 16.1. The van der Waals surface area contributed by atoms with Crippen LogP contribution in [0.5, 0.6) is 0 Å². The first-order valence-corrected chi connectivity index (χ1v) is 12.9. The highest BCUT2D eigenvalue weighted by Gasteiger charge is 2.31. The van der Waals surface area contributed by atoms with Gasteiger partial charge in [-0.15, -0.1) is 0 Å². The summed E-state index contributed by atoms with van der Waals surface area (Å²) in [7, 11) is 0. The van der Waals surface area contributed by atoms with Crippen molar-refractivity contribution in [1.29, 1.82) is 5.26 Å². The Morgan fingerprint density at radius 2 is 1.59 bits per heavy atom. The summed E-state index contributed by atoms with van der Waals surface area (Å²) >= 11 is 2.57. The molecule has 0 radical (unpaired) electrons. The summed E-state index contributed by atoms with van der Waals surface area (Å²) in [6.07, 6.45) is 0.185. The minimum atomic E-state index is -0.747. The van der Waals surface area contributed by atoms with Crippen LogP contribution in [0.4, 0.5) is 10.3 Å². The van der Waals surface area contributed by atoms with Crippen LogP contribution in [-0.2, 0) is 20.6 Å². The molecule has 0 bridgehead atoms. The lowest BCUT2D eigenvalue weighted by molar-refractivity contribution is 0.0530. The van der Waals surface area contributed by atoms with Gasteiger partial charge in [-0.25, -0.2) is 14.8 Å². The van der Waals surface area contributed by atoms with E-state index in [0.717, 1.165) is 5.13 Å². The molecular weight excluding hydrogens is 478 g/mol. The monoisotopic (exact) mass is 505 g/mol. The van der Waals surface area contributed by atoms with Crippen molar-refractivity contribution >= 4 is 44.7 Å². The van der Waals surface area contributed by atoms with E-state index in [9.17, 15) is 14.9 Å². The number of ketones is 1. The van der Waals surface area contributed by atoms with Crippen LogP contribution in [0.25, 0.3) is 0 Å². The van der Waals surface area contributed by atoms with Gasteiger partial charge in [0.1, 0.15) is 4.88 Å². The highest BCUT2D eigenvalue weighted by molar-refractivity contribution is 7.18. The number of carbonyl (C=O) groups excluding carboxylic acids is 2. The fraction of sp³-hybridized carbons (Fsp3) is 0.591. The number of anilines is 2. The van der Waals surface area contributed by atoms with E-state index in [1.807, 2.05) is 0 Å². The van der Waals surface area contributed by atoms with Crippen molar-refractivity contribution in [2.75, 3.05) is 69.0 Å². The van der Waals surface area contributed by atoms with Gasteiger partial charge in [-0.2, -0.15) is 5.26 Å². The molecule has 2 aliphatic heterocycles. The van der Waals surface area contributed by atoms with E-state index in [-0.39, 0.29) is 18.8 Å². The first kappa shape index (κ1) is 24.5. The quantitative estimate of drug-likeness (QED) is 0.391. The number of hydrogen-bond acceptors (Lipinski definition) is 12. The molecule has 0 N–H and O–H groups in total. The molecule has 182 valence electrons. The van der Waals surface area contributed by atoms with E-state index in [2.05, 4.69) is 15.9 Å². The van der Waals surface area contributed by atoms with E-state index in [0.29, 0.717) is 78.9 Å². The van der Waals surface area contributed by atoms with Crippen LogP contribution < -0.4 is 9.80 Å². The minimum absolute atomic E-state index is 0.0957. The zero-order chi connectivity index (χ0) is 24.1. The van der Waals surface area contributed by atoms with Crippen molar-refractivity contribution in [3.05, 3.63) is 21.1 Å². The number of aromatic nitrogens is 2. The molecule has 0 amide bonds. The molecular formula is C22H27N5O5S2. The van der Waals surface area contributed by atoms with Crippen LogP contribution in [0.1, 0.15) is 50.5 Å². The lowest BCUT2D eigenvalue weighted by Crippen LogP contribution is -2.36. The summed E-state index contributed by atoms with van der Waals surface area (Å²) in [5, 5.41) is 11.5. The van der Waals surface area contributed by atoms with Crippen LogP contribution in [0.2, 0.25) is 0 Å². The fourth-order valence-electron chi connectivity index (χ4n) is 3.83. The number of morpholine rings is 2. The molecule has 4 rings (SSSR count). The van der Waals surface area contributed by atoms with Crippen molar-refractivity contribution in [2.45, 2.75) is 26.2 Å². The average molecular weight is 506 g/mol. The van der Waals surface area contributed by atoms with Crippen molar-refractivity contribution in [3.63, 3.8) is 0 Å². The molecule has 1 atom stereocenters. The van der Waals surface area contributed by atoms with E-state index >= 15 is 0 Å². The van der Waals surface area contributed by atoms with Gasteiger partial charge in [0.05, 0.1) is 61.3 Å². The maximum Gasteiger partial charge on any atom is 0.350 e. The van der Waals surface area contributed by atoms with Crippen LogP contribution in [0.3, 0.4) is 0 Å². The van der Waals surface area contributed by atoms with Crippen LogP contribution in [0, 0.1) is 11.3 Å². The standard InChI is InChI=1S/C22H27N5O5S2/c1-3-32-20(29)19-17(25-22(34-19)27-6-10-31-11-7-27)15(13-23)12-16-18(14(2)28)33-21(24-16)26-4-8-30-9-5-26/h15H,3-12H2,1-2H3. The second-order valence-corrected chi connectivity index (χ2v) is 9.80. The molecule has 2 aromatic heterocycles. The number of Topliss-reactive ketones (excluding diaryl/α,β-unsaturated/α-hetero) is 1. The van der Waals surface area contributed by atoms with Gasteiger partial charge in [-0.05, 0) is 6.92 Å². The number of thiazole rings is 2. The lowest BCUT2D eigenvalue weighted by atomic mass is 9.99. The molecule has 4 heterocycles. The van der Waals surface area contributed by atoms with E-state index < -0.39 is 11.9 Å². The van der Waals surface area contributed by atoms with Crippen LogP contribution in [-0.4, -0.2) is 80.9 Å². The van der Waals surface area contributed by atoms with Crippen molar-refractivity contribution in [2.24, 2.45) is 0 Å². The predicted octanol–water partition coefficient (Wildman–Crippen LogP) is 2.50. The number of rotatable bonds is 8. The van der Waals surface area contributed by atoms with Crippen LogP contribution in [0.15, 0.2) is 0 Å². The normalized spacial score (nSPS) is 17.3. The number of hydrogen-bond donors (Lipinski definition) is 0. The molecule has 2 saturated heterocycles. The summed E-state index contributed by atoms with van der Waals surface area (Å²) in [6, 6.07) is 2.29. The first-order chi connectivity index (χ1) is 16.5. The van der Waals surface area contributed by atoms with Gasteiger partial charge >= 0.3 is 5.97 Å². The molecule has 1 unspecified atom stereocenters. The van der Waals surface area contributed by atoms with E-state index in [1.54, 1.807) is 6.92 Å². The summed E-state index contributed by atoms with van der Waals surface area (Å²) in [5.74, 6) is -1.33. The third kappa shape index (κ3) is 5.38. The molecule has 2 aliphatic rings. The summed E-state index contributed by atoms with van der Waals surface area (Å²) in [6.45, 7) is 8.58. The second kappa shape index (κ2) is 11.2. The minimum Gasteiger partial charge on any atom is -0.462 e. The lowest BCUT2D eigenvalue weighted by Gasteiger charge is -2.26. The Morgan fingerprint density at radius 3 is 2.12 bits per heavy atom. The zero-order valence-electron chi connectivity index (χ0n) is 19.2. The Bertz CT molecular complexity index is 1070. The maximum atomic E-state index is 12.7. The Labute approximate surface area is 206 Å². The maximum absolute atomic E-state index is 12.7. The van der Waals surface area contributed by atoms with Gasteiger partial charge in [-0.1, -0.05) is 22.7 Å². The third-order valence-electron chi connectivity index (χ3n) is 5.56. The molecule has 2 fully saturated rings. The number of ether oxygens (including phenoxy) is 3. The number of nitrogens with zero attached hydrogens (tertiary/aromatic N) is 5. The molecule has 12 heteroatoms. The topological polar surface area (TPSA) is 118 Å². The Kier molecular flexibility index (Phi) is 8.10. The molecule has 2 aromatic rings. The van der Waals surface area contributed by atoms with Gasteiger partial charge < -0.3 is 24.0 Å². The Morgan fingerprint density at radius 1 is 1.03 bits per heavy atom. The first-order valence-electron chi connectivity index (χ1n) is 11.2. The van der Waals surface area contributed by atoms with E-state index in [4.69, 9.17) is 24.2 Å². The van der Waals surface area contributed by atoms with Gasteiger partial charge in [0.25, 0.3) is 0 Å².